The van der Waals surface area contributed by atoms with E-state index in [-0.39, 0.29) is 0 Å². The number of carbonyl (C=O) groups is 1. The first-order valence-corrected chi connectivity index (χ1v) is 7.30. The van der Waals surface area contributed by atoms with Crippen molar-refractivity contribution in [3.8, 4) is 0 Å². The summed E-state index contributed by atoms with van der Waals surface area (Å²) in [5.41, 5.74) is 9.71. The van der Waals surface area contributed by atoms with Gasteiger partial charge in [-0.25, -0.2) is 4.98 Å². The highest BCUT2D eigenvalue weighted by Crippen LogP contribution is 2.38. The molecular formula is C15H21N5O. The number of fused-ring (bicyclic) bond motifs is 1. The molecule has 1 aromatic carbocycles. The third kappa shape index (κ3) is 2.15. The topological polar surface area (TPSA) is 76.2 Å². The van der Waals surface area contributed by atoms with Crippen molar-refractivity contribution >= 4 is 28.8 Å². The maximum Gasteiger partial charge on any atom is 0.211 e. The summed E-state index contributed by atoms with van der Waals surface area (Å²) in [6.07, 6.45) is 2.91. The van der Waals surface area contributed by atoms with E-state index in [4.69, 9.17) is 10.7 Å². The Morgan fingerprint density at radius 2 is 2.33 bits per heavy atom. The monoisotopic (exact) mass is 287 g/mol. The van der Waals surface area contributed by atoms with Crippen molar-refractivity contribution in [3.63, 3.8) is 0 Å². The predicted molar refractivity (Wildman–Crippen MR) is 84.6 cm³/mol. The van der Waals surface area contributed by atoms with Crippen LogP contribution in [0, 0.1) is 6.92 Å². The Morgan fingerprint density at radius 3 is 3.05 bits per heavy atom. The van der Waals surface area contributed by atoms with Crippen LogP contribution in [0.3, 0.4) is 0 Å². The summed E-state index contributed by atoms with van der Waals surface area (Å²) in [5, 5.41) is 2.81. The van der Waals surface area contributed by atoms with Crippen molar-refractivity contribution in [2.45, 2.75) is 25.8 Å². The molecule has 3 N–H and O–H groups in total. The summed E-state index contributed by atoms with van der Waals surface area (Å²) in [6.45, 7) is 3.55. The molecule has 1 aliphatic rings. The zero-order valence-corrected chi connectivity index (χ0v) is 12.5. The van der Waals surface area contributed by atoms with Gasteiger partial charge in [0, 0.05) is 26.2 Å². The Kier molecular flexibility index (Phi) is 3.55. The van der Waals surface area contributed by atoms with Gasteiger partial charge in [0.15, 0.2) is 0 Å². The molecule has 2 heterocycles. The number of rotatable bonds is 4. The molecule has 112 valence electrons. The van der Waals surface area contributed by atoms with E-state index < -0.39 is 0 Å². The summed E-state index contributed by atoms with van der Waals surface area (Å²) < 4.78 is 2.07. The van der Waals surface area contributed by atoms with E-state index in [1.807, 2.05) is 26.1 Å². The molecule has 0 spiro atoms. The maximum atomic E-state index is 10.9. The van der Waals surface area contributed by atoms with Crippen LogP contribution in [0.4, 0.5) is 11.4 Å². The lowest BCUT2D eigenvalue weighted by molar-refractivity contribution is -0.105. The molecule has 0 aliphatic carbocycles. The van der Waals surface area contributed by atoms with Crippen LogP contribution in [0.5, 0.6) is 0 Å². The normalized spacial score (nSPS) is 18.4. The van der Waals surface area contributed by atoms with E-state index in [9.17, 15) is 4.79 Å². The van der Waals surface area contributed by atoms with Gasteiger partial charge in [-0.2, -0.15) is 0 Å². The Labute approximate surface area is 123 Å². The number of benzene rings is 1. The first-order valence-electron chi connectivity index (χ1n) is 7.30. The van der Waals surface area contributed by atoms with E-state index in [1.54, 1.807) is 0 Å². The molecule has 0 radical (unpaired) electrons. The minimum atomic E-state index is 0.310. The molecule has 21 heavy (non-hydrogen) atoms. The highest BCUT2D eigenvalue weighted by molar-refractivity contribution is 5.99. The molecule has 1 amide bonds. The zero-order chi connectivity index (χ0) is 15.0. The standard InChI is InChI=1S/C15H21N5O/c1-10-18-14-13(19(10)2)6-5-12(17-9-21)15(14)20-7-3-4-11(20)8-16/h5-6,9,11H,3-4,7-8,16H2,1-2H3,(H,17,21). The highest BCUT2D eigenvalue weighted by atomic mass is 16.1. The largest absolute Gasteiger partial charge is 0.364 e. The molecule has 1 fully saturated rings. The molecule has 6 nitrogen and oxygen atoms in total. The number of anilines is 2. The molecule has 1 saturated heterocycles. The van der Waals surface area contributed by atoms with Crippen molar-refractivity contribution in [1.82, 2.24) is 9.55 Å². The first-order chi connectivity index (χ1) is 10.2. The fourth-order valence-corrected chi connectivity index (χ4v) is 3.21. The van der Waals surface area contributed by atoms with Crippen LogP contribution < -0.4 is 16.0 Å². The van der Waals surface area contributed by atoms with Gasteiger partial charge in [-0.1, -0.05) is 0 Å². The molecule has 1 unspecified atom stereocenters. The molecule has 0 saturated carbocycles. The fourth-order valence-electron chi connectivity index (χ4n) is 3.21. The second kappa shape index (κ2) is 5.37. The first kappa shape index (κ1) is 13.9. The molecule has 1 atom stereocenters. The van der Waals surface area contributed by atoms with Gasteiger partial charge in [-0.05, 0) is 31.9 Å². The van der Waals surface area contributed by atoms with Gasteiger partial charge in [0.2, 0.25) is 6.41 Å². The van der Waals surface area contributed by atoms with Gasteiger partial charge < -0.3 is 20.5 Å². The molecule has 1 aliphatic heterocycles. The summed E-state index contributed by atoms with van der Waals surface area (Å²) in [7, 11) is 2.01. The van der Waals surface area contributed by atoms with Gasteiger partial charge in [0.05, 0.1) is 16.9 Å². The van der Waals surface area contributed by atoms with Crippen LogP contribution in [0.2, 0.25) is 0 Å². The summed E-state index contributed by atoms with van der Waals surface area (Å²) >= 11 is 0. The van der Waals surface area contributed by atoms with Gasteiger partial charge in [0.1, 0.15) is 11.3 Å². The van der Waals surface area contributed by atoms with Crippen LogP contribution >= 0.6 is 0 Å². The van der Waals surface area contributed by atoms with Crippen molar-refractivity contribution in [2.75, 3.05) is 23.3 Å². The number of aryl methyl sites for hydroxylation is 2. The van der Waals surface area contributed by atoms with Gasteiger partial charge in [0.25, 0.3) is 0 Å². The van der Waals surface area contributed by atoms with Crippen LogP contribution in [0.15, 0.2) is 12.1 Å². The number of imidazole rings is 1. The van der Waals surface area contributed by atoms with Crippen LogP contribution in [0.1, 0.15) is 18.7 Å². The Balaban J connectivity index is 2.23. The smallest absolute Gasteiger partial charge is 0.211 e. The highest BCUT2D eigenvalue weighted by Gasteiger charge is 2.28. The maximum absolute atomic E-state index is 10.9. The number of nitrogens with two attached hydrogens (primary N) is 1. The number of carbonyl (C=O) groups excluding carboxylic acids is 1. The summed E-state index contributed by atoms with van der Waals surface area (Å²) in [5.74, 6) is 0.956. The van der Waals surface area contributed by atoms with Crippen molar-refractivity contribution in [3.05, 3.63) is 18.0 Å². The third-order valence-electron chi connectivity index (χ3n) is 4.40. The second-order valence-corrected chi connectivity index (χ2v) is 5.53. The predicted octanol–water partition coefficient (Wildman–Crippen LogP) is 1.38. The lowest BCUT2D eigenvalue weighted by Crippen LogP contribution is -2.36. The Bertz CT molecular complexity index is 678. The van der Waals surface area contributed by atoms with E-state index in [0.717, 1.165) is 47.6 Å². The number of hydrogen-bond donors (Lipinski definition) is 2. The number of hydrogen-bond acceptors (Lipinski definition) is 4. The number of nitrogens with zero attached hydrogens (tertiary/aromatic N) is 3. The quantitative estimate of drug-likeness (QED) is 0.833. The van der Waals surface area contributed by atoms with Gasteiger partial charge in [-0.15, -0.1) is 0 Å². The molecule has 1 aromatic heterocycles. The zero-order valence-electron chi connectivity index (χ0n) is 12.5. The van der Waals surface area contributed by atoms with Gasteiger partial charge in [-0.3, -0.25) is 4.79 Å². The van der Waals surface area contributed by atoms with Gasteiger partial charge >= 0.3 is 0 Å². The van der Waals surface area contributed by atoms with E-state index in [2.05, 4.69) is 14.8 Å². The molecule has 0 bridgehead atoms. The number of amides is 1. The Hall–Kier alpha value is -2.08. The third-order valence-corrected chi connectivity index (χ3v) is 4.40. The van der Waals surface area contributed by atoms with Crippen LogP contribution in [-0.4, -0.2) is 35.1 Å². The minimum absolute atomic E-state index is 0.310. The average molecular weight is 287 g/mol. The average Bonchev–Trinajstić information content (AvgIpc) is 3.05. The number of nitrogens with one attached hydrogen (secondary N) is 1. The summed E-state index contributed by atoms with van der Waals surface area (Å²) in [6, 6.07) is 4.25. The second-order valence-electron chi connectivity index (χ2n) is 5.53. The minimum Gasteiger partial charge on any atom is -0.364 e. The van der Waals surface area contributed by atoms with Crippen molar-refractivity contribution in [2.24, 2.45) is 12.8 Å². The van der Waals surface area contributed by atoms with E-state index >= 15 is 0 Å². The molecule has 3 rings (SSSR count). The molecule has 6 heteroatoms. The number of aromatic nitrogens is 2. The summed E-state index contributed by atoms with van der Waals surface area (Å²) in [4.78, 5) is 17.9. The Morgan fingerprint density at radius 1 is 1.52 bits per heavy atom. The molecule has 2 aromatic rings. The lowest BCUT2D eigenvalue weighted by atomic mass is 10.1. The van der Waals surface area contributed by atoms with Crippen molar-refractivity contribution < 1.29 is 4.79 Å². The van der Waals surface area contributed by atoms with E-state index in [0.29, 0.717) is 19.0 Å². The van der Waals surface area contributed by atoms with Crippen molar-refractivity contribution in [1.29, 1.82) is 0 Å². The lowest BCUT2D eigenvalue weighted by Gasteiger charge is -2.28. The SMILES string of the molecule is Cc1nc2c(N3CCCC3CN)c(NC=O)ccc2n1C. The molecular weight excluding hydrogens is 266 g/mol. The van der Waals surface area contributed by atoms with E-state index in [1.165, 1.54) is 0 Å². The van der Waals surface area contributed by atoms with Crippen LogP contribution in [0.25, 0.3) is 11.0 Å². The van der Waals surface area contributed by atoms with Crippen LogP contribution in [-0.2, 0) is 11.8 Å². The fraction of sp³-hybridized carbons (Fsp3) is 0.467.